The average molecular weight is 367 g/mol. The Labute approximate surface area is 159 Å². The highest BCUT2D eigenvalue weighted by molar-refractivity contribution is 5.81. The number of aliphatic carboxylic acids is 1. The van der Waals surface area contributed by atoms with E-state index in [1.165, 1.54) is 11.9 Å². The molecule has 0 saturated carbocycles. The van der Waals surface area contributed by atoms with Crippen LogP contribution >= 0.6 is 0 Å². The summed E-state index contributed by atoms with van der Waals surface area (Å²) in [6.07, 6.45) is -0.626. The van der Waals surface area contributed by atoms with Crippen molar-refractivity contribution >= 4 is 12.1 Å². The molecular formula is C22H25NO4. The zero-order valence-electron chi connectivity index (χ0n) is 16.1. The molecule has 0 unspecified atom stereocenters. The van der Waals surface area contributed by atoms with Crippen molar-refractivity contribution in [2.45, 2.75) is 32.7 Å². The van der Waals surface area contributed by atoms with Gasteiger partial charge >= 0.3 is 12.1 Å². The molecule has 5 nitrogen and oxygen atoms in total. The molecular weight excluding hydrogens is 342 g/mol. The van der Waals surface area contributed by atoms with Crippen molar-refractivity contribution in [2.75, 3.05) is 13.7 Å². The Bertz CT molecular complexity index is 823. The van der Waals surface area contributed by atoms with Gasteiger partial charge in [-0.15, -0.1) is 0 Å². The van der Waals surface area contributed by atoms with Crippen LogP contribution in [0.5, 0.6) is 0 Å². The molecule has 0 saturated heterocycles. The number of fused-ring (bicyclic) bond motifs is 3. The molecule has 3 rings (SSSR count). The van der Waals surface area contributed by atoms with E-state index in [1.807, 2.05) is 36.4 Å². The molecule has 2 aromatic rings. The number of hydrogen-bond acceptors (Lipinski definition) is 3. The Hall–Kier alpha value is -2.82. The number of carbonyl (C=O) groups excluding carboxylic acids is 1. The summed E-state index contributed by atoms with van der Waals surface area (Å²) in [4.78, 5) is 25.4. The smallest absolute Gasteiger partial charge is 0.410 e. The molecule has 2 aromatic carbocycles. The number of carboxylic acids is 1. The Morgan fingerprint density at radius 3 is 1.96 bits per heavy atom. The van der Waals surface area contributed by atoms with Gasteiger partial charge in [-0.2, -0.15) is 0 Å². The van der Waals surface area contributed by atoms with E-state index in [9.17, 15) is 14.7 Å². The lowest BCUT2D eigenvalue weighted by molar-refractivity contribution is -0.146. The normalized spacial score (nSPS) is 14.2. The van der Waals surface area contributed by atoms with Crippen LogP contribution in [0.4, 0.5) is 4.79 Å². The van der Waals surface area contributed by atoms with Gasteiger partial charge in [0.05, 0.1) is 0 Å². The van der Waals surface area contributed by atoms with Crippen LogP contribution in [0.3, 0.4) is 0 Å². The van der Waals surface area contributed by atoms with E-state index in [0.717, 1.165) is 22.3 Å². The van der Waals surface area contributed by atoms with Gasteiger partial charge in [0.25, 0.3) is 0 Å². The minimum atomic E-state index is -1.04. The van der Waals surface area contributed by atoms with Gasteiger partial charge in [-0.1, -0.05) is 69.3 Å². The van der Waals surface area contributed by atoms with Crippen LogP contribution < -0.4 is 0 Å². The molecule has 5 heteroatoms. The number of likely N-dealkylation sites (N-methyl/N-ethyl adjacent to an activating group) is 1. The Balaban J connectivity index is 1.79. The molecule has 0 aliphatic heterocycles. The van der Waals surface area contributed by atoms with Crippen LogP contribution in [0.25, 0.3) is 11.1 Å². The second-order valence-electron chi connectivity index (χ2n) is 8.02. The summed E-state index contributed by atoms with van der Waals surface area (Å²) < 4.78 is 5.55. The highest BCUT2D eigenvalue weighted by Crippen LogP contribution is 2.44. The third-order valence-electron chi connectivity index (χ3n) is 5.07. The van der Waals surface area contributed by atoms with Crippen molar-refractivity contribution in [3.05, 3.63) is 59.7 Å². The minimum absolute atomic E-state index is 0.0485. The molecule has 0 heterocycles. The maximum Gasteiger partial charge on any atom is 0.410 e. The number of hydrogen-bond donors (Lipinski definition) is 1. The van der Waals surface area contributed by atoms with Crippen LogP contribution in [0.2, 0.25) is 0 Å². The summed E-state index contributed by atoms with van der Waals surface area (Å²) in [6.45, 7) is 5.55. The molecule has 0 fully saturated rings. The number of carboxylic acid groups (broad SMARTS) is 1. The largest absolute Gasteiger partial charge is 0.480 e. The average Bonchev–Trinajstić information content (AvgIpc) is 2.92. The monoisotopic (exact) mass is 367 g/mol. The van der Waals surface area contributed by atoms with Crippen LogP contribution in [0.1, 0.15) is 37.8 Å². The number of benzene rings is 2. The van der Waals surface area contributed by atoms with Crippen molar-refractivity contribution in [1.82, 2.24) is 4.90 Å². The van der Waals surface area contributed by atoms with Gasteiger partial charge in [0.15, 0.2) is 0 Å². The molecule has 0 aromatic heterocycles. The zero-order valence-corrected chi connectivity index (χ0v) is 16.1. The second-order valence-corrected chi connectivity index (χ2v) is 8.02. The van der Waals surface area contributed by atoms with Crippen molar-refractivity contribution < 1.29 is 19.4 Å². The molecule has 27 heavy (non-hydrogen) atoms. The van der Waals surface area contributed by atoms with E-state index in [0.29, 0.717) is 0 Å². The van der Waals surface area contributed by atoms with Gasteiger partial charge in [-0.3, -0.25) is 4.90 Å². The summed E-state index contributed by atoms with van der Waals surface area (Å²) in [5.41, 5.74) is 3.95. The van der Waals surface area contributed by atoms with Crippen LogP contribution in [0.15, 0.2) is 48.5 Å². The molecule has 1 atom stereocenters. The first kappa shape index (κ1) is 19.0. The maximum atomic E-state index is 12.6. The van der Waals surface area contributed by atoms with Gasteiger partial charge in [-0.25, -0.2) is 9.59 Å². The van der Waals surface area contributed by atoms with Gasteiger partial charge in [0.1, 0.15) is 12.6 Å². The fourth-order valence-electron chi connectivity index (χ4n) is 3.92. The van der Waals surface area contributed by atoms with Gasteiger partial charge in [0, 0.05) is 13.0 Å². The Morgan fingerprint density at radius 2 is 1.52 bits per heavy atom. The van der Waals surface area contributed by atoms with Crippen molar-refractivity contribution in [2.24, 2.45) is 5.41 Å². The van der Waals surface area contributed by atoms with E-state index in [4.69, 9.17) is 4.74 Å². The summed E-state index contributed by atoms with van der Waals surface area (Å²) in [5, 5.41) is 9.52. The van der Waals surface area contributed by atoms with E-state index < -0.39 is 23.5 Å². The lowest BCUT2D eigenvalue weighted by Gasteiger charge is -2.34. The molecule has 1 aliphatic rings. The van der Waals surface area contributed by atoms with E-state index in [-0.39, 0.29) is 12.5 Å². The van der Waals surface area contributed by atoms with E-state index in [1.54, 1.807) is 20.8 Å². The molecule has 1 amide bonds. The first-order valence-electron chi connectivity index (χ1n) is 9.02. The lowest BCUT2D eigenvalue weighted by Crippen LogP contribution is -2.50. The van der Waals surface area contributed by atoms with Gasteiger partial charge in [0.2, 0.25) is 0 Å². The Morgan fingerprint density at radius 1 is 1.04 bits per heavy atom. The minimum Gasteiger partial charge on any atom is -0.480 e. The maximum absolute atomic E-state index is 12.6. The standard InChI is InChI=1S/C22H25NO4/c1-22(2,3)19(20(24)25)23(4)21(26)27-13-18-16-11-7-5-9-14(16)15-10-6-8-12-17(15)18/h5-12,18-19H,13H2,1-4H3,(H,24,25)/t19-/m0/s1. The first-order valence-corrected chi connectivity index (χ1v) is 9.02. The molecule has 1 aliphatic carbocycles. The van der Waals surface area contributed by atoms with Crippen LogP contribution in [0, 0.1) is 5.41 Å². The number of ether oxygens (including phenoxy) is 1. The summed E-state index contributed by atoms with van der Waals surface area (Å²) in [7, 11) is 1.48. The first-order chi connectivity index (χ1) is 12.7. The van der Waals surface area contributed by atoms with Crippen molar-refractivity contribution in [3.63, 3.8) is 0 Å². The lowest BCUT2D eigenvalue weighted by atomic mass is 9.86. The number of nitrogens with zero attached hydrogens (tertiary/aromatic N) is 1. The number of rotatable bonds is 4. The molecule has 0 radical (unpaired) electrons. The third-order valence-corrected chi connectivity index (χ3v) is 5.07. The predicted octanol–water partition coefficient (Wildman–Crippen LogP) is 4.37. The van der Waals surface area contributed by atoms with E-state index >= 15 is 0 Å². The third kappa shape index (κ3) is 3.54. The van der Waals surface area contributed by atoms with E-state index in [2.05, 4.69) is 12.1 Å². The van der Waals surface area contributed by atoms with Crippen molar-refractivity contribution in [3.8, 4) is 11.1 Å². The van der Waals surface area contributed by atoms with Gasteiger partial charge < -0.3 is 9.84 Å². The topological polar surface area (TPSA) is 66.8 Å². The Kier molecular flexibility index (Phi) is 4.96. The highest BCUT2D eigenvalue weighted by Gasteiger charge is 2.38. The fraction of sp³-hybridized carbons (Fsp3) is 0.364. The van der Waals surface area contributed by atoms with Gasteiger partial charge in [-0.05, 0) is 27.7 Å². The number of amides is 1. The second kappa shape index (κ2) is 7.06. The zero-order chi connectivity index (χ0) is 19.8. The molecule has 1 N–H and O–H groups in total. The quantitative estimate of drug-likeness (QED) is 0.871. The molecule has 0 spiro atoms. The van der Waals surface area contributed by atoms with Crippen molar-refractivity contribution in [1.29, 1.82) is 0 Å². The highest BCUT2D eigenvalue weighted by atomic mass is 16.6. The number of carbonyl (C=O) groups is 2. The summed E-state index contributed by atoms with van der Waals surface area (Å²) in [5.74, 6) is -1.09. The fourth-order valence-corrected chi connectivity index (χ4v) is 3.92. The SMILES string of the molecule is CN(C(=O)OCC1c2ccccc2-c2ccccc21)[C@@H](C(=O)O)C(C)(C)C. The summed E-state index contributed by atoms with van der Waals surface area (Å²) >= 11 is 0. The van der Waals surface area contributed by atoms with Crippen LogP contribution in [-0.2, 0) is 9.53 Å². The predicted molar refractivity (Wildman–Crippen MR) is 104 cm³/mol. The molecule has 0 bridgehead atoms. The molecule has 142 valence electrons. The van der Waals surface area contributed by atoms with Crippen LogP contribution in [-0.4, -0.2) is 41.8 Å². The summed E-state index contributed by atoms with van der Waals surface area (Å²) in [6, 6.07) is 15.2.